The number of thiazole rings is 1. The molecule has 2 aromatic heterocycles. The van der Waals surface area contributed by atoms with Crippen molar-refractivity contribution < 1.29 is 23.8 Å². The van der Waals surface area contributed by atoms with Crippen LogP contribution in [0.1, 0.15) is 35.6 Å². The van der Waals surface area contributed by atoms with E-state index >= 15 is 4.39 Å². The van der Waals surface area contributed by atoms with Crippen LogP contribution in [0.2, 0.25) is 0 Å². The van der Waals surface area contributed by atoms with Crippen LogP contribution in [0.5, 0.6) is 0 Å². The lowest BCUT2D eigenvalue weighted by Crippen LogP contribution is -2.73. The van der Waals surface area contributed by atoms with E-state index in [1.54, 1.807) is 24.0 Å². The number of hydrogen-bond donors (Lipinski definition) is 2. The van der Waals surface area contributed by atoms with E-state index in [4.69, 9.17) is 4.98 Å². The number of carbonyl (C=O) groups excluding carboxylic acids is 1. The van der Waals surface area contributed by atoms with Gasteiger partial charge in [-0.15, -0.1) is 0 Å². The van der Waals surface area contributed by atoms with Crippen LogP contribution >= 0.6 is 11.3 Å². The van der Waals surface area contributed by atoms with Gasteiger partial charge in [-0.3, -0.25) is 9.69 Å². The number of benzene rings is 2. The number of β-amino-alcohol motifs (C(OH)–C–C–N with tert-alkyl or cyclic N) is 1. The molecule has 1 unspecified atom stereocenters. The molecule has 242 valence electrons. The van der Waals surface area contributed by atoms with Gasteiger partial charge in [-0.05, 0) is 56.2 Å². The van der Waals surface area contributed by atoms with Gasteiger partial charge in [-0.25, -0.2) is 18.7 Å². The van der Waals surface area contributed by atoms with E-state index in [0.29, 0.717) is 70.5 Å². The lowest BCUT2D eigenvalue weighted by Gasteiger charge is -2.61. The van der Waals surface area contributed by atoms with Crippen LogP contribution in [0, 0.1) is 28.4 Å². The third-order valence-electron chi connectivity index (χ3n) is 9.88. The molecule has 0 radical (unpaired) electrons. The predicted octanol–water partition coefficient (Wildman–Crippen LogP) is 3.97. The normalized spacial score (nSPS) is 20.8. The van der Waals surface area contributed by atoms with Crippen LogP contribution < -0.4 is 9.80 Å². The Bertz CT molecular complexity index is 1970. The van der Waals surface area contributed by atoms with Crippen molar-refractivity contribution in [2.24, 2.45) is 5.41 Å². The fourth-order valence-corrected chi connectivity index (χ4v) is 8.54. The molecule has 10 nitrogen and oxygen atoms in total. The largest absolute Gasteiger partial charge is 0.387 e. The summed E-state index contributed by atoms with van der Waals surface area (Å²) in [5, 5.41) is 31.7. The first kappa shape index (κ1) is 30.1. The highest BCUT2D eigenvalue weighted by atomic mass is 32.1. The Labute approximate surface area is 274 Å². The molecular formula is C34H33F2N7O3S. The van der Waals surface area contributed by atoms with Crippen LogP contribution in [0.25, 0.3) is 22.2 Å². The number of nitrogens with zero attached hydrogens (tertiary/aromatic N) is 7. The number of likely N-dealkylation sites (tertiary alicyclic amines) is 2. The summed E-state index contributed by atoms with van der Waals surface area (Å²) < 4.78 is 29.5. The summed E-state index contributed by atoms with van der Waals surface area (Å²) in [5.74, 6) is -0.830. The molecule has 0 bridgehead atoms. The van der Waals surface area contributed by atoms with Gasteiger partial charge in [0, 0.05) is 60.8 Å². The van der Waals surface area contributed by atoms with Crippen LogP contribution in [-0.2, 0) is 11.2 Å². The summed E-state index contributed by atoms with van der Waals surface area (Å²) in [7, 11) is 1.82. The number of aromatic nitrogens is 2. The maximum atomic E-state index is 15.9. The summed E-state index contributed by atoms with van der Waals surface area (Å²) in [6.45, 7) is 5.88. The highest BCUT2D eigenvalue weighted by Gasteiger charge is 2.52. The van der Waals surface area contributed by atoms with E-state index in [2.05, 4.69) is 20.9 Å². The number of pyridine rings is 1. The van der Waals surface area contributed by atoms with Gasteiger partial charge in [0.2, 0.25) is 5.91 Å². The molecule has 1 spiro atoms. The molecule has 4 aromatic rings. The van der Waals surface area contributed by atoms with Crippen LogP contribution in [0.4, 0.5) is 25.3 Å². The number of aliphatic hydroxyl groups is 2. The highest BCUT2D eigenvalue weighted by Crippen LogP contribution is 2.47. The van der Waals surface area contributed by atoms with E-state index in [1.165, 1.54) is 29.5 Å². The second kappa shape index (κ2) is 10.6. The minimum absolute atomic E-state index is 0.0351. The zero-order valence-electron chi connectivity index (χ0n) is 26.0. The minimum atomic E-state index is -0.806. The van der Waals surface area contributed by atoms with E-state index in [9.17, 15) is 24.7 Å². The monoisotopic (exact) mass is 657 g/mol. The fraction of sp³-hybridized carbons (Fsp3) is 0.412. The standard InChI is InChI=1S/C34H33F2N7O3S/c1-33(46)13-43(14-33)27(45)12-41-15-34(16-41)17-42(18-34)21-9-23-29(24(36)10-21)38-30-22(7-8-25(30)44)31(23)40(2)32-39-28(26(11-37)47-32)19-3-5-20(35)6-4-19/h3-6,9-10,25,44,46H,7-8,12-18H2,1-2H3. The van der Waals surface area contributed by atoms with Crippen molar-refractivity contribution in [2.75, 3.05) is 62.7 Å². The predicted molar refractivity (Wildman–Crippen MR) is 174 cm³/mol. The Morgan fingerprint density at radius 1 is 1.13 bits per heavy atom. The molecule has 13 heteroatoms. The number of anilines is 3. The fourth-order valence-electron chi connectivity index (χ4n) is 7.69. The van der Waals surface area contributed by atoms with Crippen molar-refractivity contribution in [3.05, 3.63) is 64.2 Å². The van der Waals surface area contributed by atoms with Gasteiger partial charge < -0.3 is 24.9 Å². The summed E-state index contributed by atoms with van der Waals surface area (Å²) in [6, 6.07) is 11.5. The van der Waals surface area contributed by atoms with Crippen molar-refractivity contribution in [1.29, 1.82) is 5.26 Å². The Morgan fingerprint density at radius 3 is 2.53 bits per heavy atom. The molecule has 8 rings (SSSR count). The topological polar surface area (TPSA) is 120 Å². The molecular weight excluding hydrogens is 624 g/mol. The number of fused-ring (bicyclic) bond motifs is 2. The summed E-state index contributed by atoms with van der Waals surface area (Å²) in [4.78, 5) is 30.1. The summed E-state index contributed by atoms with van der Waals surface area (Å²) in [5.41, 5.74) is 3.20. The molecule has 2 N–H and O–H groups in total. The molecule has 3 aliphatic heterocycles. The maximum Gasteiger partial charge on any atom is 0.236 e. The van der Waals surface area contributed by atoms with Crippen LogP contribution in [0.15, 0.2) is 36.4 Å². The van der Waals surface area contributed by atoms with Gasteiger partial charge in [-0.1, -0.05) is 11.3 Å². The first-order chi connectivity index (χ1) is 22.4. The molecule has 4 aliphatic rings. The Kier molecular flexibility index (Phi) is 6.83. The number of carbonyl (C=O) groups is 1. The third kappa shape index (κ3) is 5.02. The first-order valence-corrected chi connectivity index (χ1v) is 16.5. The highest BCUT2D eigenvalue weighted by molar-refractivity contribution is 7.16. The van der Waals surface area contributed by atoms with Gasteiger partial charge >= 0.3 is 0 Å². The average Bonchev–Trinajstić information content (AvgIpc) is 3.59. The number of rotatable bonds is 6. The zero-order chi connectivity index (χ0) is 32.8. The SMILES string of the molecule is CN(c1nc(-c2ccc(F)cc2)c(C#N)s1)c1c2c(nc3c(F)cc(N4CC5(CN(CC(=O)N6CC(C)(O)C6)C5)C4)cc13)C(O)CC2. The maximum absolute atomic E-state index is 15.9. The van der Waals surface area contributed by atoms with E-state index in [1.807, 2.05) is 18.0 Å². The van der Waals surface area contributed by atoms with Crippen LogP contribution in [-0.4, -0.2) is 94.4 Å². The smallest absolute Gasteiger partial charge is 0.236 e. The Morgan fingerprint density at radius 2 is 1.85 bits per heavy atom. The molecule has 1 aliphatic carbocycles. The third-order valence-corrected chi connectivity index (χ3v) is 10.9. The van der Waals surface area contributed by atoms with Gasteiger partial charge in [0.15, 0.2) is 10.9 Å². The van der Waals surface area contributed by atoms with Gasteiger partial charge in [0.1, 0.15) is 28.0 Å². The minimum Gasteiger partial charge on any atom is -0.387 e. The average molecular weight is 658 g/mol. The lowest BCUT2D eigenvalue weighted by molar-refractivity contribution is -0.156. The molecule has 3 fully saturated rings. The molecule has 5 heterocycles. The van der Waals surface area contributed by atoms with E-state index in [-0.39, 0.29) is 22.7 Å². The molecule has 0 saturated carbocycles. The summed E-state index contributed by atoms with van der Waals surface area (Å²) >= 11 is 1.20. The molecule has 47 heavy (non-hydrogen) atoms. The van der Waals surface area contributed by atoms with Crippen molar-refractivity contribution in [3.8, 4) is 17.3 Å². The number of aliphatic hydroxyl groups excluding tert-OH is 1. The Balaban J connectivity index is 1.07. The number of hydrogen-bond acceptors (Lipinski definition) is 10. The van der Waals surface area contributed by atoms with Crippen LogP contribution in [0.3, 0.4) is 0 Å². The molecule has 1 amide bonds. The number of amides is 1. The lowest BCUT2D eigenvalue weighted by atomic mass is 9.72. The van der Waals surface area contributed by atoms with Crippen molar-refractivity contribution in [1.82, 2.24) is 19.8 Å². The van der Waals surface area contributed by atoms with Crippen molar-refractivity contribution >= 4 is 44.7 Å². The second-order valence-corrected chi connectivity index (χ2v) is 14.8. The van der Waals surface area contributed by atoms with E-state index in [0.717, 1.165) is 37.4 Å². The summed E-state index contributed by atoms with van der Waals surface area (Å²) in [6.07, 6.45) is 0.225. The van der Waals surface area contributed by atoms with E-state index < -0.39 is 17.5 Å². The van der Waals surface area contributed by atoms with Gasteiger partial charge in [-0.2, -0.15) is 5.26 Å². The number of halogens is 2. The zero-order valence-corrected chi connectivity index (χ0v) is 26.8. The van der Waals surface area contributed by atoms with Gasteiger partial charge in [0.05, 0.1) is 42.7 Å². The number of nitriles is 1. The molecule has 3 saturated heterocycles. The molecule has 2 aromatic carbocycles. The second-order valence-electron chi connectivity index (χ2n) is 13.8. The molecule has 1 atom stereocenters. The first-order valence-electron chi connectivity index (χ1n) is 15.6. The van der Waals surface area contributed by atoms with Crippen molar-refractivity contribution in [3.63, 3.8) is 0 Å². The quantitative estimate of drug-likeness (QED) is 0.318. The van der Waals surface area contributed by atoms with Gasteiger partial charge in [0.25, 0.3) is 0 Å². The van der Waals surface area contributed by atoms with Crippen molar-refractivity contribution in [2.45, 2.75) is 31.5 Å². The Hall–Kier alpha value is -4.22.